The number of benzene rings is 1. The molecule has 0 saturated carbocycles. The molecule has 1 aromatic heterocycles. The van der Waals surface area contributed by atoms with Crippen LogP contribution in [0.4, 0.5) is 11.6 Å². The number of phenols is 1. The Kier molecular flexibility index (Phi) is 3.91. The third kappa shape index (κ3) is 3.00. The van der Waals surface area contributed by atoms with Gasteiger partial charge in [-0.05, 0) is 44.0 Å². The van der Waals surface area contributed by atoms with Crippen LogP contribution in [-0.2, 0) is 0 Å². The molecule has 0 bridgehead atoms. The molecule has 1 aliphatic heterocycles. The Morgan fingerprint density at radius 2 is 1.91 bits per heavy atom. The maximum Gasteiger partial charge on any atom is 0.259 e. The lowest BCUT2D eigenvalue weighted by atomic mass is 10.2. The normalized spacial score (nSPS) is 14.1. The first kappa shape index (κ1) is 14.3. The van der Waals surface area contributed by atoms with Crippen LogP contribution in [0.3, 0.4) is 0 Å². The lowest BCUT2D eigenvalue weighted by molar-refractivity contribution is 0.102. The minimum absolute atomic E-state index is 0.160. The van der Waals surface area contributed by atoms with E-state index in [-0.39, 0.29) is 11.7 Å². The molecule has 22 heavy (non-hydrogen) atoms. The summed E-state index contributed by atoms with van der Waals surface area (Å²) in [5.41, 5.74) is 1.73. The first-order valence-corrected chi connectivity index (χ1v) is 7.32. The summed E-state index contributed by atoms with van der Waals surface area (Å²) in [5, 5.41) is 12.0. The number of phenolic OH excluding ortho intramolecular Hbond substituents is 1. The fourth-order valence-electron chi connectivity index (χ4n) is 2.49. The summed E-state index contributed by atoms with van der Waals surface area (Å²) in [6.07, 6.45) is 3.89. The Balaban J connectivity index is 1.76. The van der Waals surface area contributed by atoms with Crippen molar-refractivity contribution >= 4 is 17.5 Å². The summed E-state index contributed by atoms with van der Waals surface area (Å²) in [5.74, 6) is 0.597. The zero-order valence-electron chi connectivity index (χ0n) is 12.4. The van der Waals surface area contributed by atoms with Gasteiger partial charge in [0, 0.05) is 25.0 Å². The van der Waals surface area contributed by atoms with E-state index >= 15 is 0 Å². The SMILES string of the molecule is Cc1nc(N2CCCC2)ncc1C(=O)Nc1ccc(O)cc1. The van der Waals surface area contributed by atoms with Gasteiger partial charge < -0.3 is 15.3 Å². The minimum Gasteiger partial charge on any atom is -0.508 e. The Morgan fingerprint density at radius 1 is 1.23 bits per heavy atom. The van der Waals surface area contributed by atoms with Gasteiger partial charge in [0.1, 0.15) is 5.75 Å². The molecule has 0 spiro atoms. The molecule has 1 fully saturated rings. The molecule has 0 aliphatic carbocycles. The van der Waals surface area contributed by atoms with Crippen LogP contribution >= 0.6 is 0 Å². The fourth-order valence-corrected chi connectivity index (χ4v) is 2.49. The number of rotatable bonds is 3. The quantitative estimate of drug-likeness (QED) is 0.850. The van der Waals surface area contributed by atoms with Crippen LogP contribution in [0.15, 0.2) is 30.5 Å². The van der Waals surface area contributed by atoms with Crippen LogP contribution in [0, 0.1) is 6.92 Å². The molecule has 6 heteroatoms. The number of amides is 1. The van der Waals surface area contributed by atoms with E-state index in [4.69, 9.17) is 0 Å². The first-order valence-electron chi connectivity index (χ1n) is 7.32. The van der Waals surface area contributed by atoms with Crippen LogP contribution in [-0.4, -0.2) is 34.1 Å². The van der Waals surface area contributed by atoms with Crippen LogP contribution in [0.5, 0.6) is 5.75 Å². The van der Waals surface area contributed by atoms with Crippen molar-refractivity contribution in [2.24, 2.45) is 0 Å². The van der Waals surface area contributed by atoms with E-state index in [0.29, 0.717) is 22.9 Å². The maximum absolute atomic E-state index is 12.3. The molecule has 1 aromatic carbocycles. The molecular weight excluding hydrogens is 280 g/mol. The molecule has 0 radical (unpaired) electrons. The van der Waals surface area contributed by atoms with Crippen molar-refractivity contribution in [1.82, 2.24) is 9.97 Å². The van der Waals surface area contributed by atoms with Crippen molar-refractivity contribution in [3.05, 3.63) is 41.7 Å². The molecule has 3 rings (SSSR count). The number of hydrogen-bond donors (Lipinski definition) is 2. The fraction of sp³-hybridized carbons (Fsp3) is 0.312. The van der Waals surface area contributed by atoms with E-state index in [0.717, 1.165) is 25.9 Å². The van der Waals surface area contributed by atoms with Gasteiger partial charge in [-0.15, -0.1) is 0 Å². The summed E-state index contributed by atoms with van der Waals surface area (Å²) in [7, 11) is 0. The van der Waals surface area contributed by atoms with Gasteiger partial charge in [0.2, 0.25) is 5.95 Å². The molecule has 1 saturated heterocycles. The van der Waals surface area contributed by atoms with E-state index < -0.39 is 0 Å². The van der Waals surface area contributed by atoms with Gasteiger partial charge in [0.15, 0.2) is 0 Å². The van der Waals surface area contributed by atoms with Gasteiger partial charge in [0.25, 0.3) is 5.91 Å². The standard InChI is InChI=1S/C16H18N4O2/c1-11-14(10-17-16(18-11)20-8-2-3-9-20)15(22)19-12-4-6-13(21)7-5-12/h4-7,10,21H,2-3,8-9H2,1H3,(H,19,22). The summed E-state index contributed by atoms with van der Waals surface area (Å²) in [6, 6.07) is 6.33. The largest absolute Gasteiger partial charge is 0.508 e. The topological polar surface area (TPSA) is 78.4 Å². The van der Waals surface area contributed by atoms with Crippen molar-refractivity contribution in [2.45, 2.75) is 19.8 Å². The van der Waals surface area contributed by atoms with E-state index in [2.05, 4.69) is 20.2 Å². The van der Waals surface area contributed by atoms with E-state index in [1.165, 1.54) is 12.1 Å². The molecule has 0 atom stereocenters. The maximum atomic E-state index is 12.3. The highest BCUT2D eigenvalue weighted by atomic mass is 16.3. The highest BCUT2D eigenvalue weighted by molar-refractivity contribution is 6.04. The number of carbonyl (C=O) groups is 1. The number of nitrogens with one attached hydrogen (secondary N) is 1. The molecule has 0 unspecified atom stereocenters. The lowest BCUT2D eigenvalue weighted by Gasteiger charge is -2.16. The van der Waals surface area contributed by atoms with Gasteiger partial charge >= 0.3 is 0 Å². The Bertz CT molecular complexity index is 679. The second kappa shape index (κ2) is 6.01. The van der Waals surface area contributed by atoms with E-state index in [1.54, 1.807) is 18.3 Å². The monoisotopic (exact) mass is 298 g/mol. The number of aryl methyl sites for hydroxylation is 1. The van der Waals surface area contributed by atoms with Gasteiger partial charge in [-0.25, -0.2) is 9.97 Å². The predicted molar refractivity (Wildman–Crippen MR) is 84.3 cm³/mol. The first-order chi connectivity index (χ1) is 10.6. The van der Waals surface area contributed by atoms with Crippen molar-refractivity contribution in [3.63, 3.8) is 0 Å². The number of aromatic nitrogens is 2. The Hall–Kier alpha value is -2.63. The zero-order valence-corrected chi connectivity index (χ0v) is 12.4. The predicted octanol–water partition coefficient (Wildman–Crippen LogP) is 2.34. The summed E-state index contributed by atoms with van der Waals surface area (Å²) >= 11 is 0. The number of anilines is 2. The summed E-state index contributed by atoms with van der Waals surface area (Å²) < 4.78 is 0. The second-order valence-corrected chi connectivity index (χ2v) is 5.36. The van der Waals surface area contributed by atoms with Crippen LogP contribution < -0.4 is 10.2 Å². The number of carbonyl (C=O) groups excluding carboxylic acids is 1. The van der Waals surface area contributed by atoms with Crippen molar-refractivity contribution < 1.29 is 9.90 Å². The molecule has 114 valence electrons. The number of aromatic hydroxyl groups is 1. The summed E-state index contributed by atoms with van der Waals surface area (Å²) in [4.78, 5) is 23.2. The average molecular weight is 298 g/mol. The van der Waals surface area contributed by atoms with Gasteiger partial charge in [0.05, 0.1) is 11.3 Å². The Morgan fingerprint density at radius 3 is 2.55 bits per heavy atom. The van der Waals surface area contributed by atoms with Crippen LogP contribution in [0.2, 0.25) is 0 Å². The van der Waals surface area contributed by atoms with Crippen molar-refractivity contribution in [1.29, 1.82) is 0 Å². The average Bonchev–Trinajstić information content (AvgIpc) is 3.03. The van der Waals surface area contributed by atoms with E-state index in [1.807, 2.05) is 6.92 Å². The highest BCUT2D eigenvalue weighted by Crippen LogP contribution is 2.18. The van der Waals surface area contributed by atoms with Crippen molar-refractivity contribution in [3.8, 4) is 5.75 Å². The second-order valence-electron chi connectivity index (χ2n) is 5.36. The highest BCUT2D eigenvalue weighted by Gasteiger charge is 2.18. The van der Waals surface area contributed by atoms with Crippen molar-refractivity contribution in [2.75, 3.05) is 23.3 Å². The lowest BCUT2D eigenvalue weighted by Crippen LogP contribution is -2.22. The van der Waals surface area contributed by atoms with Gasteiger partial charge in [-0.3, -0.25) is 4.79 Å². The molecule has 2 N–H and O–H groups in total. The molecule has 1 aliphatic rings. The third-order valence-electron chi connectivity index (χ3n) is 3.73. The van der Waals surface area contributed by atoms with E-state index in [9.17, 15) is 9.90 Å². The number of hydrogen-bond acceptors (Lipinski definition) is 5. The molecule has 1 amide bonds. The smallest absolute Gasteiger partial charge is 0.259 e. The van der Waals surface area contributed by atoms with Crippen LogP contribution in [0.25, 0.3) is 0 Å². The molecule has 2 heterocycles. The third-order valence-corrected chi connectivity index (χ3v) is 3.73. The molecule has 2 aromatic rings. The van der Waals surface area contributed by atoms with Crippen LogP contribution in [0.1, 0.15) is 28.9 Å². The summed E-state index contributed by atoms with van der Waals surface area (Å²) in [6.45, 7) is 3.75. The van der Waals surface area contributed by atoms with Gasteiger partial charge in [-0.1, -0.05) is 0 Å². The molecule has 6 nitrogen and oxygen atoms in total. The number of nitrogens with zero attached hydrogens (tertiary/aromatic N) is 3. The minimum atomic E-state index is -0.254. The van der Waals surface area contributed by atoms with Gasteiger partial charge in [-0.2, -0.15) is 0 Å². The zero-order chi connectivity index (χ0) is 15.5. The molecular formula is C16H18N4O2. The Labute approximate surface area is 128 Å².